The smallest absolute Gasteiger partial charge is 0.104 e. The lowest BCUT2D eigenvalue weighted by molar-refractivity contribution is 0.689. The highest BCUT2D eigenvalue weighted by Crippen LogP contribution is 2.06. The Labute approximate surface area is 91.2 Å². The summed E-state index contributed by atoms with van der Waals surface area (Å²) in [6, 6.07) is 0. The first kappa shape index (κ1) is 13.5. The van der Waals surface area contributed by atoms with Crippen LogP contribution < -0.4 is 0 Å². The Morgan fingerprint density at radius 2 is 1.08 bits per heavy atom. The zero-order chi connectivity index (χ0) is 9.78. The first-order chi connectivity index (χ1) is 6.41. The minimum Gasteiger partial charge on any atom is -0.104 e. The van der Waals surface area contributed by atoms with Gasteiger partial charge in [-0.15, -0.1) is 10.6 Å². The van der Waals surface area contributed by atoms with Gasteiger partial charge in [-0.2, -0.15) is 0 Å². The van der Waals surface area contributed by atoms with Crippen LogP contribution in [0.5, 0.6) is 0 Å². The van der Waals surface area contributed by atoms with Crippen molar-refractivity contribution in [3.05, 3.63) is 0 Å². The van der Waals surface area contributed by atoms with Crippen molar-refractivity contribution in [2.45, 2.75) is 75.8 Å². The molecule has 13 heavy (non-hydrogen) atoms. The van der Waals surface area contributed by atoms with E-state index < -0.39 is 0 Å². The summed E-state index contributed by atoms with van der Waals surface area (Å²) in [6.45, 7) is 4.58. The SMILES string of the molecule is CCCCC[CH2][Al][CH2]CCCCC. The van der Waals surface area contributed by atoms with Crippen LogP contribution >= 0.6 is 0 Å². The van der Waals surface area contributed by atoms with Gasteiger partial charge in [0, 0.05) is 0 Å². The highest BCUT2D eigenvalue weighted by molar-refractivity contribution is 6.35. The van der Waals surface area contributed by atoms with Crippen molar-refractivity contribution < 1.29 is 0 Å². The van der Waals surface area contributed by atoms with Crippen LogP contribution in [0, 0.1) is 0 Å². The Morgan fingerprint density at radius 3 is 1.46 bits per heavy atom. The van der Waals surface area contributed by atoms with E-state index in [9.17, 15) is 0 Å². The van der Waals surface area contributed by atoms with Gasteiger partial charge in [-0.05, 0) is 0 Å². The van der Waals surface area contributed by atoms with Crippen LogP contribution in [0.2, 0.25) is 10.6 Å². The summed E-state index contributed by atoms with van der Waals surface area (Å²) >= 11 is 0.805. The molecule has 1 heteroatoms. The maximum atomic E-state index is 2.29. The van der Waals surface area contributed by atoms with Gasteiger partial charge in [0.05, 0.1) is 0 Å². The Hall–Kier alpha value is 0.532. The summed E-state index contributed by atoms with van der Waals surface area (Å²) in [5.41, 5.74) is 0. The number of hydrogen-bond donors (Lipinski definition) is 0. The molecule has 0 aromatic heterocycles. The Bertz CT molecular complexity index is 71.2. The summed E-state index contributed by atoms with van der Waals surface area (Å²) in [5, 5.41) is 3.12. The fourth-order valence-electron chi connectivity index (χ4n) is 1.58. The highest BCUT2D eigenvalue weighted by Gasteiger charge is 1.93. The van der Waals surface area contributed by atoms with Crippen LogP contribution in [0.3, 0.4) is 0 Å². The molecule has 0 amide bonds. The summed E-state index contributed by atoms with van der Waals surface area (Å²) in [4.78, 5) is 0. The molecular formula is C12H26Al. The first-order valence-corrected chi connectivity index (χ1v) is 7.86. The second kappa shape index (κ2) is 12.5. The first-order valence-electron chi connectivity index (χ1n) is 6.23. The van der Waals surface area contributed by atoms with Crippen LogP contribution in [0.1, 0.15) is 65.2 Å². The second-order valence-corrected chi connectivity index (χ2v) is 5.72. The van der Waals surface area contributed by atoms with E-state index in [0.717, 1.165) is 15.2 Å². The van der Waals surface area contributed by atoms with Gasteiger partial charge in [-0.1, -0.05) is 65.2 Å². The highest BCUT2D eigenvalue weighted by atomic mass is 27.1. The third-order valence-electron chi connectivity index (χ3n) is 2.52. The molecule has 0 spiro atoms. The van der Waals surface area contributed by atoms with Crippen LogP contribution in [0.4, 0.5) is 0 Å². The van der Waals surface area contributed by atoms with Crippen LogP contribution in [-0.2, 0) is 0 Å². The zero-order valence-electron chi connectivity index (χ0n) is 9.65. The molecule has 0 saturated heterocycles. The molecule has 0 aliphatic carbocycles. The normalized spacial score (nSPS) is 10.3. The maximum Gasteiger partial charge on any atom is 0.199 e. The van der Waals surface area contributed by atoms with E-state index in [1.807, 2.05) is 0 Å². The quantitative estimate of drug-likeness (QED) is 0.352. The summed E-state index contributed by atoms with van der Waals surface area (Å²) in [7, 11) is 0. The van der Waals surface area contributed by atoms with Gasteiger partial charge in [-0.25, -0.2) is 0 Å². The predicted octanol–water partition coefficient (Wildman–Crippen LogP) is 4.69. The van der Waals surface area contributed by atoms with Gasteiger partial charge in [0.25, 0.3) is 0 Å². The average molecular weight is 197 g/mol. The number of unbranched alkanes of at least 4 members (excludes halogenated alkanes) is 6. The van der Waals surface area contributed by atoms with E-state index in [-0.39, 0.29) is 0 Å². The fraction of sp³-hybridized carbons (Fsp3) is 1.00. The maximum absolute atomic E-state index is 2.29. The van der Waals surface area contributed by atoms with Gasteiger partial charge in [0.15, 0.2) is 15.2 Å². The van der Waals surface area contributed by atoms with Crippen LogP contribution in [0.25, 0.3) is 0 Å². The topological polar surface area (TPSA) is 0 Å². The van der Waals surface area contributed by atoms with E-state index in [2.05, 4.69) is 13.8 Å². The summed E-state index contributed by atoms with van der Waals surface area (Å²) in [6.07, 6.45) is 11.7. The fourth-order valence-corrected chi connectivity index (χ4v) is 3.02. The lowest BCUT2D eigenvalue weighted by Gasteiger charge is -1.99. The van der Waals surface area contributed by atoms with Gasteiger partial charge >= 0.3 is 0 Å². The van der Waals surface area contributed by atoms with Crippen LogP contribution in [-0.4, -0.2) is 15.2 Å². The molecule has 0 atom stereocenters. The third-order valence-corrected chi connectivity index (χ3v) is 4.16. The van der Waals surface area contributed by atoms with Crippen molar-refractivity contribution in [1.82, 2.24) is 0 Å². The molecule has 0 N–H and O–H groups in total. The molecule has 0 aromatic rings. The third kappa shape index (κ3) is 12.5. The molecular weight excluding hydrogens is 171 g/mol. The molecule has 0 fully saturated rings. The molecule has 0 aliphatic heterocycles. The molecule has 77 valence electrons. The number of hydrogen-bond acceptors (Lipinski definition) is 0. The van der Waals surface area contributed by atoms with Crippen molar-refractivity contribution in [2.24, 2.45) is 0 Å². The minimum absolute atomic E-state index is 0.805. The van der Waals surface area contributed by atoms with E-state index in [1.165, 1.54) is 51.4 Å². The summed E-state index contributed by atoms with van der Waals surface area (Å²) in [5.74, 6) is 0. The lowest BCUT2D eigenvalue weighted by atomic mass is 10.2. The minimum atomic E-state index is 0.805. The standard InChI is InChI=1S/2C6H13.Al/c2*1-3-5-6-4-2;/h2*1,3-6H2,2H3;. The molecule has 0 bridgehead atoms. The predicted molar refractivity (Wildman–Crippen MR) is 63.7 cm³/mol. The monoisotopic (exact) mass is 197 g/mol. The van der Waals surface area contributed by atoms with Crippen molar-refractivity contribution in [3.63, 3.8) is 0 Å². The van der Waals surface area contributed by atoms with Gasteiger partial charge in [0.1, 0.15) is 0 Å². The van der Waals surface area contributed by atoms with Crippen molar-refractivity contribution in [1.29, 1.82) is 0 Å². The Balaban J connectivity index is 2.76. The van der Waals surface area contributed by atoms with E-state index >= 15 is 0 Å². The number of rotatable bonds is 10. The molecule has 0 unspecified atom stereocenters. The van der Waals surface area contributed by atoms with Crippen molar-refractivity contribution >= 4 is 15.2 Å². The average Bonchev–Trinajstić information content (AvgIpc) is 2.16. The van der Waals surface area contributed by atoms with Gasteiger partial charge in [0.2, 0.25) is 0 Å². The Morgan fingerprint density at radius 1 is 0.615 bits per heavy atom. The summed E-state index contributed by atoms with van der Waals surface area (Å²) < 4.78 is 0. The molecule has 1 radical (unpaired) electrons. The molecule has 0 aliphatic rings. The molecule has 0 heterocycles. The van der Waals surface area contributed by atoms with E-state index in [0.29, 0.717) is 0 Å². The molecule has 0 saturated carbocycles. The molecule has 0 nitrogen and oxygen atoms in total. The molecule has 0 aromatic carbocycles. The van der Waals surface area contributed by atoms with Crippen LogP contribution in [0.15, 0.2) is 0 Å². The largest absolute Gasteiger partial charge is 0.199 e. The zero-order valence-corrected chi connectivity index (χ0v) is 10.8. The van der Waals surface area contributed by atoms with Gasteiger partial charge < -0.3 is 0 Å². The van der Waals surface area contributed by atoms with E-state index in [4.69, 9.17) is 0 Å². The lowest BCUT2D eigenvalue weighted by Crippen LogP contribution is -1.89. The Kier molecular flexibility index (Phi) is 13.0. The van der Waals surface area contributed by atoms with Crippen molar-refractivity contribution in [2.75, 3.05) is 0 Å². The van der Waals surface area contributed by atoms with E-state index in [1.54, 1.807) is 10.6 Å². The molecule has 0 rings (SSSR count). The van der Waals surface area contributed by atoms with Gasteiger partial charge in [-0.3, -0.25) is 0 Å². The van der Waals surface area contributed by atoms with Crippen molar-refractivity contribution in [3.8, 4) is 0 Å². The second-order valence-electron chi connectivity index (χ2n) is 3.99.